The fourth-order valence-electron chi connectivity index (χ4n) is 3.44. The number of nitrogens with zero attached hydrogens (tertiary/aromatic N) is 2. The molecule has 23 heavy (non-hydrogen) atoms. The molecule has 0 saturated heterocycles. The van der Waals surface area contributed by atoms with Crippen molar-refractivity contribution in [3.63, 3.8) is 0 Å². The number of likely N-dealkylation sites (N-methyl/N-ethyl adjacent to an activating group) is 1. The number of benzene rings is 2. The molecule has 1 heterocycles. The normalized spacial score (nSPS) is 19.7. The number of anilines is 3. The average Bonchev–Trinajstić information content (AvgIpc) is 2.80. The summed E-state index contributed by atoms with van der Waals surface area (Å²) in [4.78, 5) is 4.35. The number of methoxy groups -OCH3 is 1. The molecule has 3 rings (SSSR count). The molecule has 2 aromatic carbocycles. The minimum atomic E-state index is -0.348. The molecule has 1 aliphatic heterocycles. The van der Waals surface area contributed by atoms with Gasteiger partial charge in [0.2, 0.25) is 0 Å². The first-order valence-corrected chi connectivity index (χ1v) is 7.88. The largest absolute Gasteiger partial charge is 0.399 e. The van der Waals surface area contributed by atoms with E-state index in [0.717, 1.165) is 18.7 Å². The zero-order valence-electron chi connectivity index (χ0n) is 14.3. The Morgan fingerprint density at radius 2 is 1.87 bits per heavy atom. The molecule has 0 aromatic heterocycles. The highest BCUT2D eigenvalue weighted by Crippen LogP contribution is 2.43. The minimum Gasteiger partial charge on any atom is -0.399 e. The van der Waals surface area contributed by atoms with Crippen LogP contribution in [-0.2, 0) is 16.8 Å². The maximum atomic E-state index is 6.02. The lowest BCUT2D eigenvalue weighted by Crippen LogP contribution is -2.36. The average molecular weight is 311 g/mol. The molecule has 122 valence electrons. The Kier molecular flexibility index (Phi) is 3.94. The number of fused-ring (bicyclic) bond motifs is 1. The van der Waals surface area contributed by atoms with Crippen LogP contribution in [0, 0.1) is 0 Å². The van der Waals surface area contributed by atoms with Crippen molar-refractivity contribution in [2.24, 2.45) is 0 Å². The summed E-state index contributed by atoms with van der Waals surface area (Å²) in [5, 5.41) is 0. The van der Waals surface area contributed by atoms with Gasteiger partial charge in [0.15, 0.2) is 0 Å². The van der Waals surface area contributed by atoms with E-state index in [1.165, 1.54) is 22.5 Å². The quantitative estimate of drug-likeness (QED) is 0.882. The molecule has 0 bridgehead atoms. The van der Waals surface area contributed by atoms with E-state index in [-0.39, 0.29) is 5.60 Å². The van der Waals surface area contributed by atoms with Gasteiger partial charge < -0.3 is 20.3 Å². The molecule has 0 saturated carbocycles. The second kappa shape index (κ2) is 5.78. The van der Waals surface area contributed by atoms with Gasteiger partial charge in [0.25, 0.3) is 0 Å². The molecule has 4 nitrogen and oxygen atoms in total. The Morgan fingerprint density at radius 1 is 1.17 bits per heavy atom. The predicted octanol–water partition coefficient (Wildman–Crippen LogP) is 2.87. The van der Waals surface area contributed by atoms with Crippen LogP contribution in [0.15, 0.2) is 42.5 Å². The van der Waals surface area contributed by atoms with Crippen molar-refractivity contribution in [2.75, 3.05) is 50.3 Å². The number of rotatable bonds is 4. The lowest BCUT2D eigenvalue weighted by Gasteiger charge is -2.29. The molecular formula is C19H25N3O. The van der Waals surface area contributed by atoms with Gasteiger partial charge in [-0.1, -0.05) is 12.1 Å². The van der Waals surface area contributed by atoms with Gasteiger partial charge >= 0.3 is 0 Å². The molecular weight excluding hydrogens is 286 g/mol. The van der Waals surface area contributed by atoms with Gasteiger partial charge in [-0.25, -0.2) is 0 Å². The summed E-state index contributed by atoms with van der Waals surface area (Å²) in [6.45, 7) is 0.831. The Balaban J connectivity index is 1.95. The van der Waals surface area contributed by atoms with E-state index in [2.05, 4.69) is 67.3 Å². The number of nitrogens with two attached hydrogens (primary N) is 1. The van der Waals surface area contributed by atoms with Gasteiger partial charge in [-0.2, -0.15) is 0 Å². The smallest absolute Gasteiger partial charge is 0.116 e. The van der Waals surface area contributed by atoms with Crippen LogP contribution in [0.3, 0.4) is 0 Å². The molecule has 2 aromatic rings. The molecule has 0 fully saturated rings. The highest BCUT2D eigenvalue weighted by molar-refractivity contribution is 5.66. The maximum absolute atomic E-state index is 6.02. The summed E-state index contributed by atoms with van der Waals surface area (Å²) in [6.07, 6.45) is 0.831. The van der Waals surface area contributed by atoms with Crippen LogP contribution in [0.2, 0.25) is 0 Å². The van der Waals surface area contributed by atoms with Crippen LogP contribution in [0.5, 0.6) is 0 Å². The molecule has 1 unspecified atom stereocenters. The Bertz CT molecular complexity index is 696. The van der Waals surface area contributed by atoms with Gasteiger partial charge in [-0.05, 0) is 35.9 Å². The second-order valence-electron chi connectivity index (χ2n) is 6.57. The van der Waals surface area contributed by atoms with Crippen LogP contribution in [0.4, 0.5) is 17.1 Å². The fourth-order valence-corrected chi connectivity index (χ4v) is 3.44. The van der Waals surface area contributed by atoms with E-state index < -0.39 is 0 Å². The zero-order chi connectivity index (χ0) is 16.6. The first-order valence-electron chi connectivity index (χ1n) is 7.88. The summed E-state index contributed by atoms with van der Waals surface area (Å²) in [6, 6.07) is 14.8. The molecule has 4 heteroatoms. The molecule has 1 atom stereocenters. The molecule has 2 N–H and O–H groups in total. The third-order valence-electron chi connectivity index (χ3n) is 4.75. The van der Waals surface area contributed by atoms with Crippen LogP contribution in [0.25, 0.3) is 0 Å². The zero-order valence-corrected chi connectivity index (χ0v) is 14.3. The van der Waals surface area contributed by atoms with Crippen molar-refractivity contribution < 1.29 is 4.74 Å². The lowest BCUT2D eigenvalue weighted by atomic mass is 9.88. The SMILES string of the molecule is COC1(Cc2ccc(N(C)C)cc2)CN(C)c2ccc(N)cc21. The van der Waals surface area contributed by atoms with E-state index in [0.29, 0.717) is 0 Å². The standard InChI is InChI=1S/C19H25N3O/c1-21(2)16-8-5-14(6-9-16)12-19(23-4)13-22(3)18-10-7-15(20)11-17(18)19/h5-11H,12-13,20H2,1-4H3. The second-order valence-corrected chi connectivity index (χ2v) is 6.57. The van der Waals surface area contributed by atoms with Gasteiger partial charge in [-0.15, -0.1) is 0 Å². The molecule has 0 aliphatic carbocycles. The highest BCUT2D eigenvalue weighted by atomic mass is 16.5. The molecule has 0 amide bonds. The van der Waals surface area contributed by atoms with Crippen molar-refractivity contribution in [3.05, 3.63) is 53.6 Å². The number of nitrogen functional groups attached to an aromatic ring is 1. The van der Waals surface area contributed by atoms with Crippen molar-refractivity contribution in [3.8, 4) is 0 Å². The number of hydrogen-bond acceptors (Lipinski definition) is 4. The molecule has 0 radical (unpaired) electrons. The minimum absolute atomic E-state index is 0.348. The van der Waals surface area contributed by atoms with Crippen molar-refractivity contribution in [1.82, 2.24) is 0 Å². The molecule has 1 aliphatic rings. The van der Waals surface area contributed by atoms with Crippen molar-refractivity contribution >= 4 is 17.1 Å². The summed E-state index contributed by atoms with van der Waals surface area (Å²) in [5.74, 6) is 0. The third-order valence-corrected chi connectivity index (χ3v) is 4.75. The van der Waals surface area contributed by atoms with Gasteiger partial charge in [-0.3, -0.25) is 0 Å². The summed E-state index contributed by atoms with van der Waals surface area (Å²) in [7, 11) is 8.00. The molecule has 0 spiro atoms. The number of ether oxygens (including phenoxy) is 1. The van der Waals surface area contributed by atoms with E-state index >= 15 is 0 Å². The first kappa shape index (κ1) is 15.7. The van der Waals surface area contributed by atoms with Crippen LogP contribution < -0.4 is 15.5 Å². The van der Waals surface area contributed by atoms with Gasteiger partial charge in [0, 0.05) is 57.3 Å². The Labute approximate surface area is 138 Å². The van der Waals surface area contributed by atoms with Gasteiger partial charge in [0.1, 0.15) is 5.60 Å². The summed E-state index contributed by atoms with van der Waals surface area (Å²) >= 11 is 0. The monoisotopic (exact) mass is 311 g/mol. The number of hydrogen-bond donors (Lipinski definition) is 1. The van der Waals surface area contributed by atoms with Gasteiger partial charge in [0.05, 0.1) is 6.54 Å². The summed E-state index contributed by atoms with van der Waals surface area (Å²) in [5.41, 5.74) is 11.3. The maximum Gasteiger partial charge on any atom is 0.116 e. The van der Waals surface area contributed by atoms with Crippen LogP contribution >= 0.6 is 0 Å². The first-order chi connectivity index (χ1) is 10.9. The predicted molar refractivity (Wildman–Crippen MR) is 97.3 cm³/mol. The van der Waals surface area contributed by atoms with E-state index in [9.17, 15) is 0 Å². The van der Waals surface area contributed by atoms with Crippen LogP contribution in [-0.4, -0.2) is 34.8 Å². The van der Waals surface area contributed by atoms with Crippen molar-refractivity contribution in [2.45, 2.75) is 12.0 Å². The topological polar surface area (TPSA) is 41.7 Å². The van der Waals surface area contributed by atoms with E-state index in [1.54, 1.807) is 7.11 Å². The highest BCUT2D eigenvalue weighted by Gasteiger charge is 2.42. The van der Waals surface area contributed by atoms with Crippen molar-refractivity contribution in [1.29, 1.82) is 0 Å². The van der Waals surface area contributed by atoms with E-state index in [1.807, 2.05) is 6.07 Å². The Morgan fingerprint density at radius 3 is 2.48 bits per heavy atom. The fraction of sp³-hybridized carbons (Fsp3) is 0.368. The third kappa shape index (κ3) is 2.75. The Hall–Kier alpha value is -2.20. The van der Waals surface area contributed by atoms with E-state index in [4.69, 9.17) is 10.5 Å². The lowest BCUT2D eigenvalue weighted by molar-refractivity contribution is 0.000231. The van der Waals surface area contributed by atoms with Crippen LogP contribution in [0.1, 0.15) is 11.1 Å². The summed E-state index contributed by atoms with van der Waals surface area (Å²) < 4.78 is 6.02.